The third-order valence-electron chi connectivity index (χ3n) is 3.37. The van der Waals surface area contributed by atoms with Gasteiger partial charge in [0.15, 0.2) is 5.75 Å². The molecule has 0 fully saturated rings. The van der Waals surface area contributed by atoms with E-state index < -0.39 is 0 Å². The van der Waals surface area contributed by atoms with Gasteiger partial charge in [0, 0.05) is 24.7 Å². The topological polar surface area (TPSA) is 57.0 Å². The van der Waals surface area contributed by atoms with E-state index in [4.69, 9.17) is 0 Å². The fourth-order valence-corrected chi connectivity index (χ4v) is 2.24. The number of fused-ring (bicyclic) bond motifs is 1. The number of hydrogen-bond acceptors (Lipinski definition) is 4. The quantitative estimate of drug-likeness (QED) is 0.607. The van der Waals surface area contributed by atoms with Crippen molar-refractivity contribution in [3.05, 3.63) is 29.8 Å². The van der Waals surface area contributed by atoms with Crippen molar-refractivity contribution in [1.82, 2.24) is 0 Å². The fraction of sp³-hybridized carbons (Fsp3) is 0.375. The molecule has 20 heavy (non-hydrogen) atoms. The summed E-state index contributed by atoms with van der Waals surface area (Å²) in [5.41, 5.74) is 2.74. The summed E-state index contributed by atoms with van der Waals surface area (Å²) in [4.78, 5) is 0. The Morgan fingerprint density at radius 3 is 2.75 bits per heavy atom. The van der Waals surface area contributed by atoms with E-state index in [-0.39, 0.29) is 5.75 Å². The van der Waals surface area contributed by atoms with E-state index in [1.54, 1.807) is 13.1 Å². The lowest BCUT2D eigenvalue weighted by Gasteiger charge is -2.12. The number of hydrogen-bond donors (Lipinski definition) is 2. The Kier molecular flexibility index (Phi) is 4.56. The number of phenols is 1. The summed E-state index contributed by atoms with van der Waals surface area (Å²) in [5.74, 6) is 0.187. The second-order valence-electron chi connectivity index (χ2n) is 4.90. The lowest BCUT2D eigenvalue weighted by atomic mass is 10.0. The highest BCUT2D eigenvalue weighted by molar-refractivity contribution is 5.95. The van der Waals surface area contributed by atoms with Crippen molar-refractivity contribution in [3.8, 4) is 5.75 Å². The number of anilines is 1. The highest BCUT2D eigenvalue weighted by Gasteiger charge is 2.08. The number of rotatable bonds is 5. The summed E-state index contributed by atoms with van der Waals surface area (Å²) in [5, 5.41) is 23.2. The Balaban J connectivity index is 2.46. The van der Waals surface area contributed by atoms with Gasteiger partial charge < -0.3 is 10.4 Å². The smallest absolute Gasteiger partial charge is 0.150 e. The van der Waals surface area contributed by atoms with Gasteiger partial charge in [-0.05, 0) is 42.5 Å². The van der Waals surface area contributed by atoms with Crippen LogP contribution in [0.3, 0.4) is 0 Å². The number of aromatic hydroxyl groups is 1. The number of phenolic OH excluding ortho intramolecular Hbond substituents is 1. The van der Waals surface area contributed by atoms with E-state index in [2.05, 4.69) is 35.5 Å². The summed E-state index contributed by atoms with van der Waals surface area (Å²) < 4.78 is 0. The van der Waals surface area contributed by atoms with Crippen LogP contribution in [-0.2, 0) is 0 Å². The van der Waals surface area contributed by atoms with Crippen LogP contribution >= 0.6 is 0 Å². The van der Waals surface area contributed by atoms with Gasteiger partial charge in [0.25, 0.3) is 0 Å². The number of nitrogens with zero attached hydrogens (tertiary/aromatic N) is 2. The Labute approximate surface area is 119 Å². The molecule has 0 amide bonds. The van der Waals surface area contributed by atoms with Crippen LogP contribution < -0.4 is 5.32 Å². The molecule has 0 atom stereocenters. The number of nitrogens with one attached hydrogen (secondary N) is 1. The minimum Gasteiger partial charge on any atom is -0.505 e. The molecule has 2 N–H and O–H groups in total. The molecule has 0 heterocycles. The molecule has 0 aliphatic carbocycles. The molecule has 4 nitrogen and oxygen atoms in total. The van der Waals surface area contributed by atoms with Crippen LogP contribution in [0, 0.1) is 6.92 Å². The highest BCUT2D eigenvalue weighted by atomic mass is 16.3. The van der Waals surface area contributed by atoms with E-state index >= 15 is 0 Å². The monoisotopic (exact) mass is 271 g/mol. The molecule has 0 aromatic heterocycles. The number of benzene rings is 2. The van der Waals surface area contributed by atoms with E-state index in [0.717, 1.165) is 35.8 Å². The molecule has 2 aromatic carbocycles. The highest BCUT2D eigenvalue weighted by Crippen LogP contribution is 2.37. The fourth-order valence-electron chi connectivity index (χ4n) is 2.24. The summed E-state index contributed by atoms with van der Waals surface area (Å²) in [7, 11) is 1.59. The van der Waals surface area contributed by atoms with Crippen molar-refractivity contribution < 1.29 is 5.11 Å². The minimum atomic E-state index is 0.187. The molecule has 0 saturated carbocycles. The van der Waals surface area contributed by atoms with Crippen LogP contribution in [0.1, 0.15) is 25.3 Å². The normalized spacial score (nSPS) is 11.3. The van der Waals surface area contributed by atoms with Gasteiger partial charge in [0.05, 0.1) is 0 Å². The lowest BCUT2D eigenvalue weighted by Crippen LogP contribution is -2.02. The molecule has 0 bridgehead atoms. The molecule has 2 rings (SSSR count). The van der Waals surface area contributed by atoms with Crippen LogP contribution in [-0.4, -0.2) is 18.7 Å². The van der Waals surface area contributed by atoms with Crippen LogP contribution in [0.25, 0.3) is 10.8 Å². The van der Waals surface area contributed by atoms with Gasteiger partial charge in [-0.2, -0.15) is 10.2 Å². The van der Waals surface area contributed by atoms with Crippen LogP contribution in [0.15, 0.2) is 34.5 Å². The average molecular weight is 271 g/mol. The maximum Gasteiger partial charge on any atom is 0.150 e. The Hall–Kier alpha value is -2.10. The molecule has 0 aliphatic heterocycles. The van der Waals surface area contributed by atoms with Crippen molar-refractivity contribution in [2.45, 2.75) is 26.7 Å². The molecule has 0 spiro atoms. The van der Waals surface area contributed by atoms with Gasteiger partial charge in [-0.25, -0.2) is 0 Å². The minimum absolute atomic E-state index is 0.187. The van der Waals surface area contributed by atoms with Crippen LogP contribution in [0.5, 0.6) is 5.75 Å². The van der Waals surface area contributed by atoms with E-state index in [0.29, 0.717) is 5.69 Å². The average Bonchev–Trinajstić information content (AvgIpc) is 2.44. The van der Waals surface area contributed by atoms with Crippen LogP contribution in [0.4, 0.5) is 11.4 Å². The van der Waals surface area contributed by atoms with Gasteiger partial charge >= 0.3 is 0 Å². The molecular formula is C16H21N3O. The summed E-state index contributed by atoms with van der Waals surface area (Å²) in [6.07, 6.45) is 2.29. The largest absolute Gasteiger partial charge is 0.505 e. The molecule has 0 saturated heterocycles. The molecule has 4 heteroatoms. The predicted octanol–water partition coefficient (Wildman–Crippen LogP) is 4.78. The van der Waals surface area contributed by atoms with Gasteiger partial charge in [0.2, 0.25) is 0 Å². The van der Waals surface area contributed by atoms with Gasteiger partial charge in [0.1, 0.15) is 5.69 Å². The van der Waals surface area contributed by atoms with Crippen molar-refractivity contribution in [1.29, 1.82) is 0 Å². The molecule has 106 valence electrons. The SMILES string of the molecule is CCCCNc1cc2c(O)c(N=NC)ccc2cc1C. The third kappa shape index (κ3) is 2.90. The number of unbranched alkanes of at least 4 members (excludes halogenated alkanes) is 1. The molecular weight excluding hydrogens is 250 g/mol. The van der Waals surface area contributed by atoms with Gasteiger partial charge in [-0.15, -0.1) is 0 Å². The zero-order chi connectivity index (χ0) is 14.5. The van der Waals surface area contributed by atoms with Gasteiger partial charge in [-0.1, -0.05) is 19.4 Å². The first kappa shape index (κ1) is 14.3. The predicted molar refractivity (Wildman–Crippen MR) is 84.2 cm³/mol. The van der Waals surface area contributed by atoms with Gasteiger partial charge in [-0.3, -0.25) is 0 Å². The number of aryl methyl sites for hydroxylation is 1. The zero-order valence-electron chi connectivity index (χ0n) is 12.3. The third-order valence-corrected chi connectivity index (χ3v) is 3.37. The summed E-state index contributed by atoms with van der Waals surface area (Å²) >= 11 is 0. The molecule has 2 aromatic rings. The zero-order valence-corrected chi connectivity index (χ0v) is 12.3. The number of azo groups is 1. The van der Waals surface area contributed by atoms with E-state index in [1.165, 1.54) is 5.56 Å². The van der Waals surface area contributed by atoms with E-state index in [1.807, 2.05) is 12.1 Å². The first-order chi connectivity index (χ1) is 9.67. The maximum absolute atomic E-state index is 10.3. The Bertz CT molecular complexity index is 635. The van der Waals surface area contributed by atoms with Crippen molar-refractivity contribution >= 4 is 22.1 Å². The Morgan fingerprint density at radius 2 is 2.05 bits per heavy atom. The summed E-state index contributed by atoms with van der Waals surface area (Å²) in [6, 6.07) is 7.82. The van der Waals surface area contributed by atoms with Crippen molar-refractivity contribution in [3.63, 3.8) is 0 Å². The Morgan fingerprint density at radius 1 is 1.25 bits per heavy atom. The van der Waals surface area contributed by atoms with E-state index in [9.17, 15) is 5.11 Å². The second kappa shape index (κ2) is 6.37. The van der Waals surface area contributed by atoms with Crippen molar-refractivity contribution in [2.24, 2.45) is 10.2 Å². The second-order valence-corrected chi connectivity index (χ2v) is 4.90. The van der Waals surface area contributed by atoms with Crippen LogP contribution in [0.2, 0.25) is 0 Å². The first-order valence-corrected chi connectivity index (χ1v) is 6.97. The molecule has 0 radical (unpaired) electrons. The maximum atomic E-state index is 10.3. The summed E-state index contributed by atoms with van der Waals surface area (Å²) in [6.45, 7) is 5.19. The molecule has 0 unspecified atom stereocenters. The van der Waals surface area contributed by atoms with Crippen molar-refractivity contribution in [2.75, 3.05) is 18.9 Å². The first-order valence-electron chi connectivity index (χ1n) is 6.97. The molecule has 0 aliphatic rings. The lowest BCUT2D eigenvalue weighted by molar-refractivity contribution is 0.482. The standard InChI is InChI=1S/C16H21N3O/c1-4-5-8-18-15-10-13-12(9-11(15)2)6-7-14(16(13)20)19-17-3/h6-7,9-10,18,20H,4-5,8H2,1-3H3.